The zero-order chi connectivity index (χ0) is 24.8. The number of methoxy groups -OCH3 is 1. The van der Waals surface area contributed by atoms with Crippen LogP contribution in [0.5, 0.6) is 11.5 Å². The van der Waals surface area contributed by atoms with E-state index in [2.05, 4.69) is 10.6 Å². The topological polar surface area (TPSA) is 97.0 Å². The van der Waals surface area contributed by atoms with Crippen LogP contribution in [0.4, 0.5) is 14.9 Å². The molecule has 4 amide bonds. The highest BCUT2D eigenvalue weighted by Crippen LogP contribution is 2.23. The summed E-state index contributed by atoms with van der Waals surface area (Å²) in [6, 6.07) is 19.0. The lowest BCUT2D eigenvalue weighted by atomic mass is 10.1. The molecule has 8 nitrogen and oxygen atoms in total. The monoisotopic (exact) mass is 475 g/mol. The van der Waals surface area contributed by atoms with E-state index in [9.17, 15) is 18.8 Å². The van der Waals surface area contributed by atoms with Gasteiger partial charge in [-0.1, -0.05) is 36.4 Å². The molecular weight excluding hydrogens is 453 g/mol. The summed E-state index contributed by atoms with van der Waals surface area (Å²) in [7, 11) is 1.47. The molecule has 1 saturated heterocycles. The zero-order valence-corrected chi connectivity index (χ0v) is 18.8. The number of ether oxygens (including phenoxy) is 2. The van der Waals surface area contributed by atoms with Gasteiger partial charge in [-0.05, 0) is 53.6 Å². The highest BCUT2D eigenvalue weighted by Gasteiger charge is 2.35. The third kappa shape index (κ3) is 5.83. The van der Waals surface area contributed by atoms with Crippen LogP contribution < -0.4 is 20.1 Å². The predicted molar refractivity (Wildman–Crippen MR) is 127 cm³/mol. The van der Waals surface area contributed by atoms with Crippen LogP contribution in [-0.2, 0) is 16.2 Å². The fourth-order valence-electron chi connectivity index (χ4n) is 3.40. The molecule has 1 aliphatic heterocycles. The molecule has 0 radical (unpaired) electrons. The molecule has 0 atom stereocenters. The number of imide groups is 1. The fraction of sp³-hybridized carbons (Fsp3) is 0.115. The SMILES string of the molecule is COc1ccccc1NC(=O)CN1C(=O)N/C(=C/c2cccc(OCc3ccc(F)cc3)c2)C1=O. The van der Waals surface area contributed by atoms with Crippen LogP contribution in [0.25, 0.3) is 6.08 Å². The summed E-state index contributed by atoms with van der Waals surface area (Å²) < 4.78 is 24.0. The first-order valence-corrected chi connectivity index (χ1v) is 10.7. The Morgan fingerprint density at radius 1 is 1.06 bits per heavy atom. The second kappa shape index (κ2) is 10.5. The fourth-order valence-corrected chi connectivity index (χ4v) is 3.40. The molecule has 3 aromatic rings. The molecule has 0 unspecified atom stereocenters. The molecule has 0 bridgehead atoms. The van der Waals surface area contributed by atoms with E-state index in [1.807, 2.05) is 0 Å². The van der Waals surface area contributed by atoms with Gasteiger partial charge in [0.1, 0.15) is 36.2 Å². The average Bonchev–Trinajstić information content (AvgIpc) is 3.11. The summed E-state index contributed by atoms with van der Waals surface area (Å²) in [6.07, 6.45) is 1.50. The van der Waals surface area contributed by atoms with E-state index in [0.717, 1.165) is 10.5 Å². The van der Waals surface area contributed by atoms with E-state index >= 15 is 0 Å². The molecule has 9 heteroatoms. The number of carbonyl (C=O) groups excluding carboxylic acids is 3. The third-order valence-electron chi connectivity index (χ3n) is 5.13. The molecule has 3 aromatic carbocycles. The van der Waals surface area contributed by atoms with Gasteiger partial charge in [0.25, 0.3) is 5.91 Å². The maximum atomic E-state index is 13.0. The Balaban J connectivity index is 1.40. The van der Waals surface area contributed by atoms with Crippen molar-refractivity contribution in [3.63, 3.8) is 0 Å². The minimum atomic E-state index is -0.694. The van der Waals surface area contributed by atoms with E-state index in [-0.39, 0.29) is 18.1 Å². The summed E-state index contributed by atoms with van der Waals surface area (Å²) in [5.41, 5.74) is 1.89. The van der Waals surface area contributed by atoms with E-state index in [1.54, 1.807) is 60.7 Å². The van der Waals surface area contributed by atoms with Crippen molar-refractivity contribution in [2.75, 3.05) is 19.0 Å². The second-order valence-corrected chi connectivity index (χ2v) is 7.62. The summed E-state index contributed by atoms with van der Waals surface area (Å²) in [4.78, 5) is 38.4. The molecule has 178 valence electrons. The molecule has 1 aliphatic rings. The number of nitrogens with zero attached hydrogens (tertiary/aromatic N) is 1. The Hall–Kier alpha value is -4.66. The average molecular weight is 475 g/mol. The molecule has 35 heavy (non-hydrogen) atoms. The van der Waals surface area contributed by atoms with Crippen LogP contribution in [0.3, 0.4) is 0 Å². The zero-order valence-electron chi connectivity index (χ0n) is 18.8. The lowest BCUT2D eigenvalue weighted by molar-refractivity contribution is -0.127. The number of anilines is 1. The minimum Gasteiger partial charge on any atom is -0.495 e. The van der Waals surface area contributed by atoms with Gasteiger partial charge in [0.05, 0.1) is 12.8 Å². The first-order chi connectivity index (χ1) is 16.9. The maximum absolute atomic E-state index is 13.0. The maximum Gasteiger partial charge on any atom is 0.329 e. The summed E-state index contributed by atoms with van der Waals surface area (Å²) in [6.45, 7) is -0.216. The van der Waals surface area contributed by atoms with E-state index in [0.29, 0.717) is 22.7 Å². The quantitative estimate of drug-likeness (QED) is 0.380. The van der Waals surface area contributed by atoms with Crippen LogP contribution in [0.2, 0.25) is 0 Å². The van der Waals surface area contributed by atoms with Gasteiger partial charge in [-0.2, -0.15) is 0 Å². The standard InChI is InChI=1S/C26H22FN3O5/c1-34-23-8-3-2-7-21(23)28-24(31)15-30-25(32)22(29-26(30)33)14-18-5-4-6-20(13-18)35-16-17-9-11-19(27)12-10-17/h2-14H,15-16H2,1H3,(H,28,31)(H,29,33)/b22-14+. The van der Waals surface area contributed by atoms with Gasteiger partial charge in [-0.25, -0.2) is 14.1 Å². The molecule has 1 fully saturated rings. The van der Waals surface area contributed by atoms with Crippen LogP contribution in [0.15, 0.2) is 78.5 Å². The Kier molecular flexibility index (Phi) is 7.06. The molecule has 1 heterocycles. The van der Waals surface area contributed by atoms with E-state index in [4.69, 9.17) is 9.47 Å². The Morgan fingerprint density at radius 2 is 1.83 bits per heavy atom. The van der Waals surface area contributed by atoms with Crippen molar-refractivity contribution in [2.24, 2.45) is 0 Å². The summed E-state index contributed by atoms with van der Waals surface area (Å²) in [5, 5.41) is 5.13. The smallest absolute Gasteiger partial charge is 0.329 e. The molecular formula is C26H22FN3O5. The number of para-hydroxylation sites is 2. The second-order valence-electron chi connectivity index (χ2n) is 7.62. The summed E-state index contributed by atoms with van der Waals surface area (Å²) in [5.74, 6) is -0.496. The van der Waals surface area contributed by atoms with Crippen molar-refractivity contribution in [1.82, 2.24) is 10.2 Å². The Labute approximate surface area is 201 Å². The van der Waals surface area contributed by atoms with Crippen LogP contribution in [0.1, 0.15) is 11.1 Å². The van der Waals surface area contributed by atoms with Crippen LogP contribution in [0, 0.1) is 5.82 Å². The molecule has 0 aromatic heterocycles. The first-order valence-electron chi connectivity index (χ1n) is 10.7. The van der Waals surface area contributed by atoms with Crippen molar-refractivity contribution >= 4 is 29.6 Å². The van der Waals surface area contributed by atoms with E-state index in [1.165, 1.54) is 25.3 Å². The molecule has 2 N–H and O–H groups in total. The molecule has 4 rings (SSSR count). The number of urea groups is 1. The van der Waals surface area contributed by atoms with E-state index < -0.39 is 24.4 Å². The number of amides is 4. The van der Waals surface area contributed by atoms with Crippen molar-refractivity contribution in [2.45, 2.75) is 6.61 Å². The predicted octanol–water partition coefficient (Wildman–Crippen LogP) is 3.94. The van der Waals surface area contributed by atoms with Gasteiger partial charge in [-0.3, -0.25) is 9.59 Å². The van der Waals surface area contributed by atoms with Gasteiger partial charge in [0.15, 0.2) is 0 Å². The normalized spacial score (nSPS) is 14.1. The lowest BCUT2D eigenvalue weighted by Crippen LogP contribution is -2.38. The van der Waals surface area contributed by atoms with Crippen molar-refractivity contribution in [3.8, 4) is 11.5 Å². The third-order valence-corrected chi connectivity index (χ3v) is 5.13. The first kappa shape index (κ1) is 23.5. The van der Waals surface area contributed by atoms with Crippen molar-refractivity contribution in [1.29, 1.82) is 0 Å². The van der Waals surface area contributed by atoms with Crippen LogP contribution in [-0.4, -0.2) is 36.4 Å². The van der Waals surface area contributed by atoms with Gasteiger partial charge >= 0.3 is 6.03 Å². The largest absolute Gasteiger partial charge is 0.495 e. The summed E-state index contributed by atoms with van der Waals surface area (Å²) >= 11 is 0. The Bertz CT molecular complexity index is 1290. The van der Waals surface area contributed by atoms with Crippen molar-refractivity contribution in [3.05, 3.63) is 95.4 Å². The number of hydrogen-bond acceptors (Lipinski definition) is 5. The number of carbonyl (C=O) groups is 3. The van der Waals surface area contributed by atoms with Gasteiger partial charge in [0, 0.05) is 0 Å². The van der Waals surface area contributed by atoms with Crippen molar-refractivity contribution < 1.29 is 28.2 Å². The number of halogens is 1. The lowest BCUT2D eigenvalue weighted by Gasteiger charge is -2.13. The number of nitrogens with one attached hydrogen (secondary N) is 2. The minimum absolute atomic E-state index is 0.0378. The number of rotatable bonds is 8. The van der Waals surface area contributed by atoms with Gasteiger partial charge in [-0.15, -0.1) is 0 Å². The van der Waals surface area contributed by atoms with Gasteiger partial charge in [0.2, 0.25) is 5.91 Å². The highest BCUT2D eigenvalue weighted by atomic mass is 19.1. The number of benzene rings is 3. The van der Waals surface area contributed by atoms with Crippen LogP contribution >= 0.6 is 0 Å². The highest BCUT2D eigenvalue weighted by molar-refractivity contribution is 6.16. The Morgan fingerprint density at radius 3 is 2.60 bits per heavy atom. The molecule has 0 aliphatic carbocycles. The number of hydrogen-bond donors (Lipinski definition) is 2. The molecule has 0 saturated carbocycles. The molecule has 0 spiro atoms. The van der Waals surface area contributed by atoms with Gasteiger partial charge < -0.3 is 20.1 Å².